The van der Waals surface area contributed by atoms with E-state index < -0.39 is 5.91 Å². The normalized spacial score (nSPS) is 11.3. The molecule has 5 aromatic carbocycles. The van der Waals surface area contributed by atoms with Crippen molar-refractivity contribution in [1.29, 1.82) is 0 Å². The SMILES string of the molecule is O=C(N/N=C\c1c(OCc2cccc3ccccc23)ccc2ccccc12)c1ccc(Cl)c(Cl)c1. The first-order valence-electron chi connectivity index (χ1n) is 11.0. The predicted octanol–water partition coefficient (Wildman–Crippen LogP) is 7.64. The van der Waals surface area contributed by atoms with E-state index in [2.05, 4.69) is 34.8 Å². The number of halogens is 2. The van der Waals surface area contributed by atoms with Gasteiger partial charge in [0.1, 0.15) is 12.4 Å². The molecule has 0 radical (unpaired) electrons. The van der Waals surface area contributed by atoms with E-state index in [9.17, 15) is 4.79 Å². The summed E-state index contributed by atoms with van der Waals surface area (Å²) < 4.78 is 6.27. The van der Waals surface area contributed by atoms with Gasteiger partial charge in [0.25, 0.3) is 5.91 Å². The fourth-order valence-corrected chi connectivity index (χ4v) is 4.26. The van der Waals surface area contributed by atoms with Gasteiger partial charge in [-0.1, -0.05) is 96.0 Å². The maximum atomic E-state index is 12.5. The highest BCUT2D eigenvalue weighted by atomic mass is 35.5. The van der Waals surface area contributed by atoms with Crippen LogP contribution in [0.25, 0.3) is 21.5 Å². The average molecular weight is 499 g/mol. The molecule has 0 aliphatic rings. The molecule has 172 valence electrons. The number of hydrogen-bond acceptors (Lipinski definition) is 3. The van der Waals surface area contributed by atoms with Gasteiger partial charge in [-0.25, -0.2) is 5.43 Å². The molecule has 0 aliphatic heterocycles. The molecule has 0 atom stereocenters. The van der Waals surface area contributed by atoms with E-state index in [1.165, 1.54) is 11.5 Å². The van der Waals surface area contributed by atoms with Crippen molar-refractivity contribution in [3.05, 3.63) is 124 Å². The minimum atomic E-state index is -0.390. The van der Waals surface area contributed by atoms with Gasteiger partial charge in [-0.2, -0.15) is 5.10 Å². The van der Waals surface area contributed by atoms with Crippen LogP contribution in [0, 0.1) is 0 Å². The van der Waals surface area contributed by atoms with Crippen LogP contribution in [0.2, 0.25) is 10.0 Å². The fourth-order valence-electron chi connectivity index (χ4n) is 3.97. The Kier molecular flexibility index (Phi) is 6.66. The first kappa shape index (κ1) is 22.9. The quantitative estimate of drug-likeness (QED) is 0.193. The number of carbonyl (C=O) groups is 1. The third kappa shape index (κ3) is 4.99. The molecule has 1 N–H and O–H groups in total. The van der Waals surface area contributed by atoms with Gasteiger partial charge in [0, 0.05) is 11.1 Å². The van der Waals surface area contributed by atoms with Crippen LogP contribution in [0.1, 0.15) is 21.5 Å². The van der Waals surface area contributed by atoms with Gasteiger partial charge >= 0.3 is 0 Å². The van der Waals surface area contributed by atoms with Crippen LogP contribution in [0.3, 0.4) is 0 Å². The second kappa shape index (κ2) is 10.2. The fraction of sp³-hybridized carbons (Fsp3) is 0.0345. The number of hydrogen-bond donors (Lipinski definition) is 1. The molecule has 0 aromatic heterocycles. The lowest BCUT2D eigenvalue weighted by Gasteiger charge is -2.13. The molecule has 5 aromatic rings. The molecule has 0 unspecified atom stereocenters. The number of nitrogens with zero attached hydrogens (tertiary/aromatic N) is 1. The van der Waals surface area contributed by atoms with Crippen molar-refractivity contribution in [2.45, 2.75) is 6.61 Å². The van der Waals surface area contributed by atoms with Gasteiger partial charge in [-0.15, -0.1) is 0 Å². The van der Waals surface area contributed by atoms with Crippen LogP contribution in [-0.4, -0.2) is 12.1 Å². The number of carbonyl (C=O) groups excluding carboxylic acids is 1. The number of rotatable bonds is 6. The van der Waals surface area contributed by atoms with Gasteiger partial charge in [0.15, 0.2) is 0 Å². The summed E-state index contributed by atoms with van der Waals surface area (Å²) in [7, 11) is 0. The topological polar surface area (TPSA) is 50.7 Å². The molecule has 1 amide bonds. The van der Waals surface area contributed by atoms with Gasteiger partial charge in [-0.3, -0.25) is 4.79 Å². The summed E-state index contributed by atoms with van der Waals surface area (Å²) in [6.07, 6.45) is 1.61. The van der Waals surface area contributed by atoms with Gasteiger partial charge in [0.05, 0.1) is 16.3 Å². The molecule has 0 aliphatic carbocycles. The molecule has 0 saturated heterocycles. The zero-order valence-electron chi connectivity index (χ0n) is 18.5. The van der Waals surface area contributed by atoms with Gasteiger partial charge in [-0.05, 0) is 51.4 Å². The summed E-state index contributed by atoms with van der Waals surface area (Å²) in [5.74, 6) is 0.280. The molecular weight excluding hydrogens is 479 g/mol. The summed E-state index contributed by atoms with van der Waals surface area (Å²) in [5, 5.41) is 9.23. The van der Waals surface area contributed by atoms with Crippen LogP contribution in [0.5, 0.6) is 5.75 Å². The Hall–Kier alpha value is -3.86. The van der Waals surface area contributed by atoms with Crippen LogP contribution in [-0.2, 0) is 6.61 Å². The Labute approximate surface area is 212 Å². The number of ether oxygens (including phenoxy) is 1. The number of hydrazone groups is 1. The third-order valence-corrected chi connectivity index (χ3v) is 6.47. The number of benzene rings is 5. The molecule has 0 bridgehead atoms. The Morgan fingerprint density at radius 3 is 2.31 bits per heavy atom. The van der Waals surface area contributed by atoms with E-state index in [4.69, 9.17) is 27.9 Å². The first-order valence-corrected chi connectivity index (χ1v) is 11.8. The summed E-state index contributed by atoms with van der Waals surface area (Å²) >= 11 is 12.0. The van der Waals surface area contributed by atoms with E-state index >= 15 is 0 Å². The molecule has 0 spiro atoms. The van der Waals surface area contributed by atoms with E-state index in [0.29, 0.717) is 28.0 Å². The minimum Gasteiger partial charge on any atom is -0.488 e. The second-order valence-corrected chi connectivity index (χ2v) is 8.77. The van der Waals surface area contributed by atoms with Crippen molar-refractivity contribution < 1.29 is 9.53 Å². The van der Waals surface area contributed by atoms with E-state index in [1.54, 1.807) is 18.3 Å². The van der Waals surface area contributed by atoms with Crippen molar-refractivity contribution in [3.8, 4) is 5.75 Å². The molecule has 0 heterocycles. The summed E-state index contributed by atoms with van der Waals surface area (Å²) in [6, 6.07) is 31.0. The number of fused-ring (bicyclic) bond motifs is 2. The van der Waals surface area contributed by atoms with Crippen LogP contribution < -0.4 is 10.2 Å². The monoisotopic (exact) mass is 498 g/mol. The van der Waals surface area contributed by atoms with E-state index in [0.717, 1.165) is 27.3 Å². The molecule has 0 fully saturated rings. The average Bonchev–Trinajstić information content (AvgIpc) is 2.89. The summed E-state index contributed by atoms with van der Waals surface area (Å²) in [4.78, 5) is 12.5. The lowest BCUT2D eigenvalue weighted by molar-refractivity contribution is 0.0955. The molecule has 4 nitrogen and oxygen atoms in total. The highest BCUT2D eigenvalue weighted by molar-refractivity contribution is 6.42. The summed E-state index contributed by atoms with van der Waals surface area (Å²) in [5.41, 5.74) is 4.79. The van der Waals surface area contributed by atoms with Crippen LogP contribution >= 0.6 is 23.2 Å². The third-order valence-electron chi connectivity index (χ3n) is 5.74. The second-order valence-electron chi connectivity index (χ2n) is 7.95. The number of nitrogens with one attached hydrogen (secondary N) is 1. The van der Waals surface area contributed by atoms with E-state index in [-0.39, 0.29) is 0 Å². The van der Waals surface area contributed by atoms with Crippen molar-refractivity contribution in [2.75, 3.05) is 0 Å². The van der Waals surface area contributed by atoms with Gasteiger partial charge in [0.2, 0.25) is 0 Å². The standard InChI is InChI=1S/C29H20Cl2N2O2/c30-26-14-12-21(16-27(26)31)29(34)33-32-17-25-24-11-4-2-7-20(24)13-15-28(25)35-18-22-9-5-8-19-6-1-3-10-23(19)22/h1-17H,18H2,(H,33,34)/b32-17-. The number of amides is 1. The zero-order valence-corrected chi connectivity index (χ0v) is 20.1. The van der Waals surface area contributed by atoms with Crippen LogP contribution in [0.15, 0.2) is 102 Å². The zero-order chi connectivity index (χ0) is 24.2. The summed E-state index contributed by atoms with van der Waals surface area (Å²) in [6.45, 7) is 0.399. The van der Waals surface area contributed by atoms with Crippen molar-refractivity contribution in [3.63, 3.8) is 0 Å². The maximum absolute atomic E-state index is 12.5. The van der Waals surface area contributed by atoms with Crippen molar-refractivity contribution >= 4 is 56.9 Å². The molecule has 0 saturated carbocycles. The predicted molar refractivity (Wildman–Crippen MR) is 144 cm³/mol. The minimum absolute atomic E-state index is 0.307. The van der Waals surface area contributed by atoms with Crippen molar-refractivity contribution in [1.82, 2.24) is 5.43 Å². The Bertz CT molecular complexity index is 1580. The molecule has 35 heavy (non-hydrogen) atoms. The highest BCUT2D eigenvalue weighted by Crippen LogP contribution is 2.28. The Balaban J connectivity index is 1.42. The van der Waals surface area contributed by atoms with Gasteiger partial charge < -0.3 is 4.74 Å². The maximum Gasteiger partial charge on any atom is 0.271 e. The van der Waals surface area contributed by atoms with Crippen molar-refractivity contribution in [2.24, 2.45) is 5.10 Å². The lowest BCUT2D eigenvalue weighted by atomic mass is 10.0. The first-order chi connectivity index (χ1) is 17.1. The van der Waals surface area contributed by atoms with Crippen LogP contribution in [0.4, 0.5) is 0 Å². The Morgan fingerprint density at radius 2 is 1.51 bits per heavy atom. The largest absolute Gasteiger partial charge is 0.488 e. The molecule has 5 rings (SSSR count). The highest BCUT2D eigenvalue weighted by Gasteiger charge is 2.10. The molecular formula is C29H20Cl2N2O2. The molecule has 6 heteroatoms. The Morgan fingerprint density at radius 1 is 0.800 bits per heavy atom. The van der Waals surface area contributed by atoms with E-state index in [1.807, 2.05) is 54.6 Å². The lowest BCUT2D eigenvalue weighted by Crippen LogP contribution is -2.17. The smallest absolute Gasteiger partial charge is 0.271 e.